The number of nitrogens with one attached hydrogen (secondary N) is 1. The van der Waals surface area contributed by atoms with Crippen LogP contribution >= 0.6 is 0 Å². The lowest BCUT2D eigenvalue weighted by atomic mass is 10.1. The lowest BCUT2D eigenvalue weighted by molar-refractivity contribution is -0.139. The van der Waals surface area contributed by atoms with Crippen LogP contribution in [0.4, 0.5) is 0 Å². The van der Waals surface area contributed by atoms with Crippen LogP contribution in [-0.2, 0) is 22.5 Å². The van der Waals surface area contributed by atoms with Crippen LogP contribution in [0.15, 0.2) is 24.3 Å². The van der Waals surface area contributed by atoms with Gasteiger partial charge in [0.15, 0.2) is 0 Å². The van der Waals surface area contributed by atoms with Crippen LogP contribution in [0.5, 0.6) is 0 Å². The second-order valence-electron chi connectivity index (χ2n) is 3.47. The number of carbonyl (C=O) groups excluding carboxylic acids is 1. The minimum atomic E-state index is -0.236. The Hall–Kier alpha value is -1.39. The molecule has 4 nitrogen and oxygen atoms in total. The van der Waals surface area contributed by atoms with Gasteiger partial charge in [0.25, 0.3) is 0 Å². The van der Waals surface area contributed by atoms with Crippen molar-refractivity contribution >= 4 is 5.97 Å². The Morgan fingerprint density at radius 3 is 2.88 bits per heavy atom. The number of rotatable bonds is 6. The van der Waals surface area contributed by atoms with E-state index in [1.54, 1.807) is 0 Å². The molecule has 0 aliphatic heterocycles. The number of aliphatic hydroxyl groups is 1. The quantitative estimate of drug-likeness (QED) is 0.544. The summed E-state index contributed by atoms with van der Waals surface area (Å²) in [6.07, 6.45) is 0.296. The average molecular weight is 223 g/mol. The van der Waals surface area contributed by atoms with Gasteiger partial charge < -0.3 is 15.2 Å². The summed E-state index contributed by atoms with van der Waals surface area (Å²) in [5.41, 5.74) is 2.03. The van der Waals surface area contributed by atoms with Gasteiger partial charge in [-0.25, -0.2) is 0 Å². The van der Waals surface area contributed by atoms with E-state index in [1.807, 2.05) is 24.3 Å². The summed E-state index contributed by atoms with van der Waals surface area (Å²) in [5.74, 6) is -0.236. The van der Waals surface area contributed by atoms with Crippen molar-refractivity contribution in [3.8, 4) is 0 Å². The zero-order chi connectivity index (χ0) is 11.8. The fourth-order valence-corrected chi connectivity index (χ4v) is 1.40. The summed E-state index contributed by atoms with van der Waals surface area (Å²) < 4.78 is 4.60. The Morgan fingerprint density at radius 1 is 1.44 bits per heavy atom. The molecule has 0 heterocycles. The zero-order valence-electron chi connectivity index (χ0n) is 9.40. The third kappa shape index (κ3) is 4.42. The molecule has 0 fully saturated rings. The summed E-state index contributed by atoms with van der Waals surface area (Å²) in [7, 11) is 1.38. The van der Waals surface area contributed by atoms with Gasteiger partial charge in [0.1, 0.15) is 0 Å². The second kappa shape index (κ2) is 6.98. The molecule has 0 amide bonds. The zero-order valence-corrected chi connectivity index (χ0v) is 9.40. The fourth-order valence-electron chi connectivity index (χ4n) is 1.40. The van der Waals surface area contributed by atoms with E-state index in [1.165, 1.54) is 7.11 Å². The number of benzene rings is 1. The van der Waals surface area contributed by atoms with Crippen molar-refractivity contribution in [2.24, 2.45) is 0 Å². The van der Waals surface area contributed by atoms with E-state index in [9.17, 15) is 4.79 Å². The molecule has 88 valence electrons. The van der Waals surface area contributed by atoms with E-state index in [-0.39, 0.29) is 12.6 Å². The Labute approximate surface area is 95.2 Å². The van der Waals surface area contributed by atoms with E-state index < -0.39 is 0 Å². The molecule has 16 heavy (non-hydrogen) atoms. The van der Waals surface area contributed by atoms with Gasteiger partial charge in [-0.05, 0) is 11.1 Å². The largest absolute Gasteiger partial charge is 0.469 e. The molecule has 0 aliphatic rings. The lowest BCUT2D eigenvalue weighted by Gasteiger charge is -2.05. The van der Waals surface area contributed by atoms with Crippen molar-refractivity contribution in [2.45, 2.75) is 13.0 Å². The summed E-state index contributed by atoms with van der Waals surface area (Å²) in [5, 5.41) is 11.7. The lowest BCUT2D eigenvalue weighted by Crippen LogP contribution is -2.17. The van der Waals surface area contributed by atoms with Gasteiger partial charge in [0.2, 0.25) is 0 Å². The number of carbonyl (C=O) groups is 1. The number of esters is 1. The van der Waals surface area contributed by atoms with Crippen LogP contribution in [-0.4, -0.2) is 31.3 Å². The van der Waals surface area contributed by atoms with E-state index in [0.29, 0.717) is 19.5 Å². The first-order valence-corrected chi connectivity index (χ1v) is 5.22. The highest BCUT2D eigenvalue weighted by atomic mass is 16.5. The Balaban J connectivity index is 2.53. The van der Waals surface area contributed by atoms with Gasteiger partial charge in [-0.1, -0.05) is 24.3 Å². The smallest absolute Gasteiger partial charge is 0.309 e. The van der Waals surface area contributed by atoms with Gasteiger partial charge in [-0.3, -0.25) is 4.79 Å². The molecule has 1 aromatic rings. The van der Waals surface area contributed by atoms with Crippen LogP contribution in [0.3, 0.4) is 0 Å². The van der Waals surface area contributed by atoms with Gasteiger partial charge in [-0.15, -0.1) is 0 Å². The molecule has 1 aromatic carbocycles. The van der Waals surface area contributed by atoms with E-state index in [0.717, 1.165) is 11.1 Å². The predicted molar refractivity (Wildman–Crippen MR) is 61.0 cm³/mol. The van der Waals surface area contributed by atoms with Crippen LogP contribution in [0.25, 0.3) is 0 Å². The highest BCUT2D eigenvalue weighted by molar-refractivity contribution is 5.72. The normalized spacial score (nSPS) is 10.1. The maximum atomic E-state index is 11.1. The summed E-state index contributed by atoms with van der Waals surface area (Å²) >= 11 is 0. The average Bonchev–Trinajstić information content (AvgIpc) is 2.30. The summed E-state index contributed by atoms with van der Waals surface area (Å²) in [4.78, 5) is 11.1. The molecule has 0 spiro atoms. The molecule has 2 N–H and O–H groups in total. The van der Waals surface area contributed by atoms with Crippen molar-refractivity contribution < 1.29 is 14.6 Å². The van der Waals surface area contributed by atoms with Crippen molar-refractivity contribution in [2.75, 3.05) is 20.3 Å². The molecule has 1 rings (SSSR count). The van der Waals surface area contributed by atoms with Crippen molar-refractivity contribution in [1.29, 1.82) is 0 Å². The van der Waals surface area contributed by atoms with Gasteiger partial charge in [0, 0.05) is 13.1 Å². The summed E-state index contributed by atoms with van der Waals surface area (Å²) in [6.45, 7) is 1.39. The van der Waals surface area contributed by atoms with Crippen LogP contribution in [0, 0.1) is 0 Å². The van der Waals surface area contributed by atoms with Crippen LogP contribution < -0.4 is 5.32 Å². The molecule has 0 unspecified atom stereocenters. The number of aliphatic hydroxyl groups excluding tert-OH is 1. The minimum absolute atomic E-state index is 0.127. The van der Waals surface area contributed by atoms with Crippen LogP contribution in [0.2, 0.25) is 0 Å². The summed E-state index contributed by atoms with van der Waals surface area (Å²) in [6, 6.07) is 7.74. The SMILES string of the molecule is COC(=O)Cc1cccc(CNCCO)c1. The van der Waals surface area contributed by atoms with E-state index in [2.05, 4.69) is 10.1 Å². The first kappa shape index (κ1) is 12.7. The third-order valence-electron chi connectivity index (χ3n) is 2.19. The van der Waals surface area contributed by atoms with Crippen molar-refractivity contribution in [3.05, 3.63) is 35.4 Å². The van der Waals surface area contributed by atoms with Gasteiger partial charge in [-0.2, -0.15) is 0 Å². The van der Waals surface area contributed by atoms with Crippen molar-refractivity contribution in [1.82, 2.24) is 5.32 Å². The second-order valence-corrected chi connectivity index (χ2v) is 3.47. The topological polar surface area (TPSA) is 58.6 Å². The molecule has 0 saturated carbocycles. The fraction of sp³-hybridized carbons (Fsp3) is 0.417. The van der Waals surface area contributed by atoms with E-state index in [4.69, 9.17) is 5.11 Å². The Kier molecular flexibility index (Phi) is 5.53. The molecule has 0 aromatic heterocycles. The standard InChI is InChI=1S/C12H17NO3/c1-16-12(15)8-10-3-2-4-11(7-10)9-13-5-6-14/h2-4,7,13-14H,5-6,8-9H2,1H3. The molecule has 4 heteroatoms. The number of hydrogen-bond acceptors (Lipinski definition) is 4. The maximum absolute atomic E-state index is 11.1. The first-order valence-electron chi connectivity index (χ1n) is 5.22. The number of hydrogen-bond donors (Lipinski definition) is 2. The highest BCUT2D eigenvalue weighted by Gasteiger charge is 2.03. The molecule has 0 saturated heterocycles. The number of methoxy groups -OCH3 is 1. The molecule has 0 radical (unpaired) electrons. The maximum Gasteiger partial charge on any atom is 0.309 e. The molecular weight excluding hydrogens is 206 g/mol. The van der Waals surface area contributed by atoms with E-state index >= 15 is 0 Å². The highest BCUT2D eigenvalue weighted by Crippen LogP contribution is 2.06. The first-order chi connectivity index (χ1) is 7.76. The number of ether oxygens (including phenoxy) is 1. The molecule has 0 bridgehead atoms. The van der Waals surface area contributed by atoms with Gasteiger partial charge in [0.05, 0.1) is 20.1 Å². The Morgan fingerprint density at radius 2 is 2.19 bits per heavy atom. The minimum Gasteiger partial charge on any atom is -0.469 e. The molecule has 0 aliphatic carbocycles. The third-order valence-corrected chi connectivity index (χ3v) is 2.19. The monoisotopic (exact) mass is 223 g/mol. The van der Waals surface area contributed by atoms with Gasteiger partial charge >= 0.3 is 5.97 Å². The molecule has 0 atom stereocenters. The predicted octanol–water partition coefficient (Wildman–Crippen LogP) is 0.484. The molecular formula is C12H17NO3. The Bertz CT molecular complexity index is 339. The van der Waals surface area contributed by atoms with Crippen LogP contribution in [0.1, 0.15) is 11.1 Å². The van der Waals surface area contributed by atoms with Crippen molar-refractivity contribution in [3.63, 3.8) is 0 Å².